The second-order valence-corrected chi connectivity index (χ2v) is 7.83. The number of aliphatic hydroxyl groups excluding tert-OH is 1. The number of ether oxygens (including phenoxy) is 1. The Balaban J connectivity index is 2.03. The first-order valence-electron chi connectivity index (χ1n) is 8.80. The third-order valence-electron chi connectivity index (χ3n) is 4.20. The summed E-state index contributed by atoms with van der Waals surface area (Å²) in [5.74, 6) is -1.75. The van der Waals surface area contributed by atoms with Crippen LogP contribution in [0.4, 0.5) is 13.2 Å². The van der Waals surface area contributed by atoms with Crippen LogP contribution < -0.4 is 5.32 Å². The van der Waals surface area contributed by atoms with Gasteiger partial charge in [0.15, 0.2) is 6.10 Å². The molecule has 10 heteroatoms. The van der Waals surface area contributed by atoms with Crippen molar-refractivity contribution in [1.29, 1.82) is 0 Å². The van der Waals surface area contributed by atoms with Crippen LogP contribution in [0.25, 0.3) is 0 Å². The normalized spacial score (nSPS) is 14.4. The number of hydrogen-bond donors (Lipinski definition) is 2. The van der Waals surface area contributed by atoms with Crippen molar-refractivity contribution in [2.45, 2.75) is 29.6 Å². The maximum absolute atomic E-state index is 12.6. The Kier molecular flexibility index (Phi) is 8.13. The fourth-order valence-electron chi connectivity index (χ4n) is 2.56. The summed E-state index contributed by atoms with van der Waals surface area (Å²) in [6, 6.07) is 10.8. The van der Waals surface area contributed by atoms with E-state index in [2.05, 4.69) is 10.1 Å². The van der Waals surface area contributed by atoms with E-state index in [1.54, 1.807) is 30.3 Å². The summed E-state index contributed by atoms with van der Waals surface area (Å²) in [5, 5.41) is 12.4. The summed E-state index contributed by atoms with van der Waals surface area (Å²) in [7, 11) is -0.310. The molecule has 0 aromatic heterocycles. The van der Waals surface area contributed by atoms with Gasteiger partial charge in [-0.05, 0) is 36.2 Å². The van der Waals surface area contributed by atoms with Gasteiger partial charge in [0.25, 0.3) is 5.91 Å². The molecule has 162 valence electrons. The lowest BCUT2D eigenvalue weighted by Gasteiger charge is -2.19. The Morgan fingerprint density at radius 3 is 2.23 bits per heavy atom. The summed E-state index contributed by atoms with van der Waals surface area (Å²) in [6.45, 7) is 0. The smallest absolute Gasteiger partial charge is 0.416 e. The Morgan fingerprint density at radius 2 is 1.70 bits per heavy atom. The van der Waals surface area contributed by atoms with Crippen LogP contribution in [0.15, 0.2) is 59.5 Å². The van der Waals surface area contributed by atoms with Gasteiger partial charge in [-0.15, -0.1) is 0 Å². The highest BCUT2D eigenvalue weighted by Crippen LogP contribution is 2.30. The molecular weight excluding hydrogens is 423 g/mol. The number of carbonyl (C=O) groups excluding carboxylic acids is 2. The number of rotatable bonds is 8. The number of halogens is 3. The van der Waals surface area contributed by atoms with Gasteiger partial charge in [0.05, 0.1) is 23.5 Å². The quantitative estimate of drug-likeness (QED) is 0.612. The molecule has 0 radical (unpaired) electrons. The SMILES string of the molecule is COC(=O)[C@@H](CC[S@@](=O)c1ccccc1)NC(=O)[C@H](O)c1ccc(C(F)(F)F)cc1. The van der Waals surface area contributed by atoms with Gasteiger partial charge in [0.1, 0.15) is 6.04 Å². The van der Waals surface area contributed by atoms with Crippen LogP contribution >= 0.6 is 0 Å². The minimum atomic E-state index is -4.55. The lowest BCUT2D eigenvalue weighted by Crippen LogP contribution is -2.44. The van der Waals surface area contributed by atoms with E-state index in [1.807, 2.05) is 0 Å². The van der Waals surface area contributed by atoms with Gasteiger partial charge in [-0.25, -0.2) is 4.79 Å². The molecule has 2 aromatic carbocycles. The van der Waals surface area contributed by atoms with E-state index < -0.39 is 46.6 Å². The number of alkyl halides is 3. The topological polar surface area (TPSA) is 92.7 Å². The molecule has 0 spiro atoms. The number of aliphatic hydroxyl groups is 1. The third-order valence-corrected chi connectivity index (χ3v) is 5.61. The second kappa shape index (κ2) is 10.4. The van der Waals surface area contributed by atoms with E-state index in [9.17, 15) is 32.1 Å². The highest BCUT2D eigenvalue weighted by molar-refractivity contribution is 7.85. The number of nitrogens with one attached hydrogen (secondary N) is 1. The van der Waals surface area contributed by atoms with Crippen molar-refractivity contribution in [3.8, 4) is 0 Å². The van der Waals surface area contributed by atoms with Crippen molar-refractivity contribution in [1.82, 2.24) is 5.32 Å². The number of methoxy groups -OCH3 is 1. The Hall–Kier alpha value is -2.72. The molecule has 30 heavy (non-hydrogen) atoms. The molecule has 0 aliphatic carbocycles. The molecule has 2 N–H and O–H groups in total. The fourth-order valence-corrected chi connectivity index (χ4v) is 3.71. The first-order chi connectivity index (χ1) is 14.1. The van der Waals surface area contributed by atoms with Crippen LogP contribution in [0.5, 0.6) is 0 Å². The summed E-state index contributed by atoms with van der Waals surface area (Å²) in [4.78, 5) is 24.8. The van der Waals surface area contributed by atoms with Crippen molar-refractivity contribution >= 4 is 22.7 Å². The van der Waals surface area contributed by atoms with E-state index in [1.165, 1.54) is 0 Å². The van der Waals surface area contributed by atoms with Crippen LogP contribution in [0, 0.1) is 0 Å². The van der Waals surface area contributed by atoms with Gasteiger partial charge >= 0.3 is 12.1 Å². The Morgan fingerprint density at radius 1 is 1.10 bits per heavy atom. The zero-order chi connectivity index (χ0) is 22.3. The van der Waals surface area contributed by atoms with Crippen LogP contribution in [0.1, 0.15) is 23.7 Å². The van der Waals surface area contributed by atoms with Crippen LogP contribution in [0.3, 0.4) is 0 Å². The second-order valence-electron chi connectivity index (χ2n) is 6.26. The Labute approximate surface area is 173 Å². The first-order valence-corrected chi connectivity index (χ1v) is 10.1. The number of amides is 1. The maximum Gasteiger partial charge on any atom is 0.416 e. The van der Waals surface area contributed by atoms with E-state index in [0.717, 1.165) is 31.4 Å². The molecule has 6 nitrogen and oxygen atoms in total. The molecule has 3 atom stereocenters. The number of hydrogen-bond acceptors (Lipinski definition) is 5. The van der Waals surface area contributed by atoms with Gasteiger partial charge in [0.2, 0.25) is 0 Å². The highest BCUT2D eigenvalue weighted by Gasteiger charge is 2.31. The lowest BCUT2D eigenvalue weighted by atomic mass is 10.1. The van der Waals surface area contributed by atoms with Crippen molar-refractivity contribution < 1.29 is 36.8 Å². The summed E-state index contributed by atoms with van der Waals surface area (Å²) >= 11 is 0. The molecule has 1 amide bonds. The third kappa shape index (κ3) is 6.39. The van der Waals surface area contributed by atoms with E-state index in [-0.39, 0.29) is 17.7 Å². The van der Waals surface area contributed by atoms with Gasteiger partial charge in [-0.3, -0.25) is 9.00 Å². The van der Waals surface area contributed by atoms with Crippen LogP contribution in [0.2, 0.25) is 0 Å². The zero-order valence-corrected chi connectivity index (χ0v) is 16.7. The molecule has 0 heterocycles. The summed E-state index contributed by atoms with van der Waals surface area (Å²) in [6.07, 6.45) is -6.37. The Bertz CT molecular complexity index is 888. The largest absolute Gasteiger partial charge is 0.467 e. The fraction of sp³-hybridized carbons (Fsp3) is 0.300. The van der Waals surface area contributed by atoms with Crippen LogP contribution in [-0.2, 0) is 31.3 Å². The highest BCUT2D eigenvalue weighted by atomic mass is 32.2. The average Bonchev–Trinajstić information content (AvgIpc) is 2.75. The van der Waals surface area contributed by atoms with Gasteiger partial charge in [0, 0.05) is 10.6 Å². The minimum Gasteiger partial charge on any atom is -0.467 e. The van der Waals surface area contributed by atoms with Crippen molar-refractivity contribution in [2.24, 2.45) is 0 Å². The van der Waals surface area contributed by atoms with E-state index in [0.29, 0.717) is 4.90 Å². The number of benzene rings is 2. The molecule has 0 unspecified atom stereocenters. The van der Waals surface area contributed by atoms with Gasteiger partial charge < -0.3 is 15.2 Å². The molecule has 0 aliphatic heterocycles. The molecule has 0 saturated heterocycles. The molecular formula is C20H20F3NO5S. The lowest BCUT2D eigenvalue weighted by molar-refractivity contribution is -0.146. The minimum absolute atomic E-state index is 0.0281. The number of carbonyl (C=O) groups is 2. The maximum atomic E-state index is 12.6. The van der Waals surface area contributed by atoms with E-state index in [4.69, 9.17) is 0 Å². The van der Waals surface area contributed by atoms with Crippen LogP contribution in [-0.4, -0.2) is 40.1 Å². The van der Waals surface area contributed by atoms with Gasteiger partial charge in [-0.2, -0.15) is 13.2 Å². The zero-order valence-electron chi connectivity index (χ0n) is 15.9. The van der Waals surface area contributed by atoms with Crippen molar-refractivity contribution in [2.75, 3.05) is 12.9 Å². The summed E-state index contributed by atoms with van der Waals surface area (Å²) in [5.41, 5.74) is -0.994. The summed E-state index contributed by atoms with van der Waals surface area (Å²) < 4.78 is 54.9. The van der Waals surface area contributed by atoms with Crippen molar-refractivity contribution in [3.05, 3.63) is 65.7 Å². The van der Waals surface area contributed by atoms with Crippen molar-refractivity contribution in [3.63, 3.8) is 0 Å². The van der Waals surface area contributed by atoms with E-state index >= 15 is 0 Å². The first kappa shape index (κ1) is 23.6. The van der Waals surface area contributed by atoms with Gasteiger partial charge in [-0.1, -0.05) is 30.3 Å². The standard InChI is InChI=1S/C20H20F3NO5S/c1-29-19(27)16(11-12-30(28)15-5-3-2-4-6-15)24-18(26)17(25)13-7-9-14(10-8-13)20(21,22)23/h2-10,16-17,25H,11-12H2,1H3,(H,24,26)/t16-,17-,30-/m1/s1. The predicted molar refractivity (Wildman–Crippen MR) is 103 cm³/mol. The monoisotopic (exact) mass is 443 g/mol. The number of esters is 1. The molecule has 2 aromatic rings. The molecule has 0 aliphatic rings. The molecule has 0 bridgehead atoms. The predicted octanol–water partition coefficient (Wildman–Crippen LogP) is 2.59. The molecule has 0 fully saturated rings. The molecule has 0 saturated carbocycles. The average molecular weight is 443 g/mol. The molecule has 2 rings (SSSR count).